The predicted molar refractivity (Wildman–Crippen MR) is 113 cm³/mol. The zero-order chi connectivity index (χ0) is 19.4. The van der Waals surface area contributed by atoms with Crippen LogP contribution in [0.15, 0.2) is 58.0 Å². The second-order valence-corrected chi connectivity index (χ2v) is 7.85. The Morgan fingerprint density at radius 1 is 1.26 bits per heavy atom. The van der Waals surface area contributed by atoms with Crippen LogP contribution in [0, 0.1) is 0 Å². The Morgan fingerprint density at radius 2 is 2.00 bits per heavy atom. The van der Waals surface area contributed by atoms with Gasteiger partial charge in [-0.15, -0.1) is 0 Å². The van der Waals surface area contributed by atoms with Crippen molar-refractivity contribution in [3.8, 4) is 5.75 Å². The third-order valence-corrected chi connectivity index (χ3v) is 5.66. The molecule has 1 fully saturated rings. The van der Waals surface area contributed by atoms with Crippen LogP contribution in [-0.4, -0.2) is 36.4 Å². The Kier molecular flexibility index (Phi) is 6.18. The number of carbonyl (C=O) groups is 2. The highest BCUT2D eigenvalue weighted by Crippen LogP contribution is 2.31. The summed E-state index contributed by atoms with van der Waals surface area (Å²) in [4.78, 5) is 30.6. The third kappa shape index (κ3) is 4.51. The van der Waals surface area contributed by atoms with Crippen LogP contribution in [0.1, 0.15) is 6.42 Å². The summed E-state index contributed by atoms with van der Waals surface area (Å²) in [6.45, 7) is 0. The average Bonchev–Trinajstić information content (AvgIpc) is 2.95. The summed E-state index contributed by atoms with van der Waals surface area (Å²) in [5, 5.41) is 3.22. The van der Waals surface area contributed by atoms with E-state index in [2.05, 4.69) is 26.2 Å². The smallest absolute Gasteiger partial charge is 0.247 e. The van der Waals surface area contributed by atoms with Gasteiger partial charge in [0.25, 0.3) is 0 Å². The zero-order valence-corrected chi connectivity index (χ0v) is 17.2. The average molecular weight is 448 g/mol. The molecule has 8 heteroatoms. The number of nitrogens with zero attached hydrogens (tertiary/aromatic N) is 2. The van der Waals surface area contributed by atoms with E-state index >= 15 is 0 Å². The predicted octanol–water partition coefficient (Wildman–Crippen LogP) is 3.92. The molecule has 27 heavy (non-hydrogen) atoms. The fraction of sp³-hybridized carbons (Fsp3) is 0.211. The van der Waals surface area contributed by atoms with Crippen LogP contribution in [0.3, 0.4) is 0 Å². The number of thioether (sulfide) groups is 1. The van der Waals surface area contributed by atoms with E-state index in [1.165, 1.54) is 16.7 Å². The first-order valence-electron chi connectivity index (χ1n) is 8.18. The van der Waals surface area contributed by atoms with Crippen molar-refractivity contribution in [1.82, 2.24) is 0 Å². The van der Waals surface area contributed by atoms with Gasteiger partial charge < -0.3 is 10.1 Å². The van der Waals surface area contributed by atoms with Crippen LogP contribution in [0.2, 0.25) is 0 Å². The maximum atomic E-state index is 12.8. The van der Waals surface area contributed by atoms with Gasteiger partial charge in [-0.1, -0.05) is 33.8 Å². The Balaban J connectivity index is 1.71. The number of imide groups is 1. The molecule has 2 aromatic carbocycles. The Morgan fingerprint density at radius 3 is 2.67 bits per heavy atom. The maximum Gasteiger partial charge on any atom is 0.247 e. The molecule has 0 saturated carbocycles. The molecule has 1 aliphatic heterocycles. The van der Waals surface area contributed by atoms with Gasteiger partial charge in [0.05, 0.1) is 12.8 Å². The Bertz CT molecular complexity index is 886. The van der Waals surface area contributed by atoms with E-state index in [0.29, 0.717) is 16.6 Å². The molecule has 1 atom stereocenters. The largest absolute Gasteiger partial charge is 0.497 e. The van der Waals surface area contributed by atoms with Gasteiger partial charge in [-0.2, -0.15) is 0 Å². The van der Waals surface area contributed by atoms with Crippen molar-refractivity contribution in [2.45, 2.75) is 11.7 Å². The number of methoxy groups -OCH3 is 1. The summed E-state index contributed by atoms with van der Waals surface area (Å²) in [7, 11) is 3.24. The summed E-state index contributed by atoms with van der Waals surface area (Å²) in [6, 6.07) is 14.5. The molecule has 1 unspecified atom stereocenters. The molecular formula is C19H18BrN3O3S. The molecule has 1 saturated heterocycles. The summed E-state index contributed by atoms with van der Waals surface area (Å²) >= 11 is 4.61. The number of hydrogen-bond acceptors (Lipinski definition) is 5. The molecule has 1 heterocycles. The highest BCUT2D eigenvalue weighted by molar-refractivity contribution is 9.10. The first-order chi connectivity index (χ1) is 13.0. The number of carbonyl (C=O) groups excluding carboxylic acids is 2. The van der Waals surface area contributed by atoms with Crippen LogP contribution in [0.5, 0.6) is 5.75 Å². The molecule has 2 amide bonds. The normalized spacial score (nSPS) is 17.4. The minimum Gasteiger partial charge on any atom is -0.497 e. The van der Waals surface area contributed by atoms with Crippen LogP contribution >= 0.6 is 27.7 Å². The van der Waals surface area contributed by atoms with E-state index in [1.54, 1.807) is 38.4 Å². The van der Waals surface area contributed by atoms with Crippen LogP contribution in [0.4, 0.5) is 11.4 Å². The van der Waals surface area contributed by atoms with Crippen LogP contribution < -0.4 is 15.0 Å². The molecule has 1 aliphatic rings. The third-order valence-electron chi connectivity index (χ3n) is 3.97. The fourth-order valence-corrected chi connectivity index (χ4v) is 3.90. The molecule has 2 aromatic rings. The van der Waals surface area contributed by atoms with E-state index in [9.17, 15) is 9.59 Å². The Hall–Kier alpha value is -2.32. The van der Waals surface area contributed by atoms with Crippen molar-refractivity contribution in [2.75, 3.05) is 24.4 Å². The minimum atomic E-state index is -0.516. The number of ether oxygens (including phenoxy) is 1. The number of rotatable bonds is 4. The lowest BCUT2D eigenvalue weighted by molar-refractivity contribution is -0.121. The number of amides is 2. The first-order valence-corrected chi connectivity index (χ1v) is 9.86. The molecule has 0 aromatic heterocycles. The number of hydrogen-bond donors (Lipinski definition) is 1. The summed E-state index contributed by atoms with van der Waals surface area (Å²) in [6.07, 6.45) is 0.137. The van der Waals surface area contributed by atoms with E-state index in [-0.39, 0.29) is 18.2 Å². The topological polar surface area (TPSA) is 71.0 Å². The number of nitrogens with one attached hydrogen (secondary N) is 1. The summed E-state index contributed by atoms with van der Waals surface area (Å²) in [5.41, 5.74) is 1.37. The second kappa shape index (κ2) is 8.58. The van der Waals surface area contributed by atoms with Gasteiger partial charge in [-0.3, -0.25) is 14.6 Å². The quantitative estimate of drug-likeness (QED) is 0.436. The molecule has 0 aliphatic carbocycles. The van der Waals surface area contributed by atoms with Gasteiger partial charge in [-0.05, 0) is 36.4 Å². The van der Waals surface area contributed by atoms with Crippen molar-refractivity contribution in [3.05, 3.63) is 53.0 Å². The molecule has 6 nitrogen and oxygen atoms in total. The number of anilines is 2. The lowest BCUT2D eigenvalue weighted by atomic mass is 10.3. The van der Waals surface area contributed by atoms with E-state index in [0.717, 1.165) is 10.2 Å². The zero-order valence-electron chi connectivity index (χ0n) is 14.8. The van der Waals surface area contributed by atoms with Gasteiger partial charge in [0.15, 0.2) is 5.17 Å². The summed E-state index contributed by atoms with van der Waals surface area (Å²) in [5.74, 6) is 0.270. The lowest BCUT2D eigenvalue weighted by Crippen LogP contribution is -2.31. The van der Waals surface area contributed by atoms with Crippen LogP contribution in [0.25, 0.3) is 0 Å². The van der Waals surface area contributed by atoms with E-state index in [1.807, 2.05) is 24.3 Å². The van der Waals surface area contributed by atoms with E-state index < -0.39 is 5.25 Å². The molecule has 3 rings (SSSR count). The monoisotopic (exact) mass is 447 g/mol. The highest BCUT2D eigenvalue weighted by Gasteiger charge is 2.40. The number of aliphatic imine (C=N–C) groups is 1. The van der Waals surface area contributed by atoms with Gasteiger partial charge in [0.1, 0.15) is 11.0 Å². The number of benzene rings is 2. The molecule has 1 N–H and O–H groups in total. The first kappa shape index (κ1) is 19.4. The van der Waals surface area contributed by atoms with Crippen molar-refractivity contribution in [1.29, 1.82) is 0 Å². The van der Waals surface area contributed by atoms with Crippen molar-refractivity contribution in [2.24, 2.45) is 4.99 Å². The summed E-state index contributed by atoms with van der Waals surface area (Å²) < 4.78 is 6.10. The Labute approximate surface area is 170 Å². The van der Waals surface area contributed by atoms with Crippen molar-refractivity contribution in [3.63, 3.8) is 0 Å². The maximum absolute atomic E-state index is 12.8. The van der Waals surface area contributed by atoms with Gasteiger partial charge in [0, 0.05) is 29.7 Å². The molecule has 0 spiro atoms. The highest BCUT2D eigenvalue weighted by atomic mass is 79.9. The van der Waals surface area contributed by atoms with Crippen molar-refractivity contribution < 1.29 is 14.3 Å². The number of amidine groups is 1. The lowest BCUT2D eigenvalue weighted by Gasteiger charge is -2.16. The van der Waals surface area contributed by atoms with Crippen LogP contribution in [-0.2, 0) is 9.59 Å². The standard InChI is InChI=1S/C19H18BrN3O3S/c1-21-19(22-13-4-3-5-15(10-13)26-2)27-16-11-17(24)23(18(16)25)14-8-6-12(20)7-9-14/h3-10,16H,11H2,1-2H3,(H,21,22). The molecule has 0 radical (unpaired) electrons. The van der Waals surface area contributed by atoms with E-state index in [4.69, 9.17) is 4.74 Å². The van der Waals surface area contributed by atoms with Gasteiger partial charge in [0.2, 0.25) is 11.8 Å². The molecule has 140 valence electrons. The van der Waals surface area contributed by atoms with Crippen molar-refractivity contribution >= 4 is 56.0 Å². The number of halogens is 1. The molecular weight excluding hydrogens is 430 g/mol. The fourth-order valence-electron chi connectivity index (χ4n) is 2.65. The minimum absolute atomic E-state index is 0.137. The second-order valence-electron chi connectivity index (χ2n) is 5.74. The van der Waals surface area contributed by atoms with Gasteiger partial charge in [-0.25, -0.2) is 4.90 Å². The SMILES string of the molecule is CN=C(Nc1cccc(OC)c1)SC1CC(=O)N(c2ccc(Br)cc2)C1=O. The molecule has 0 bridgehead atoms. The van der Waals surface area contributed by atoms with Gasteiger partial charge >= 0.3 is 0 Å².